The second kappa shape index (κ2) is 64.0. The lowest BCUT2D eigenvalue weighted by molar-refractivity contribution is -0.870. The molecular formula is C73H134NO8+. The summed E-state index contributed by atoms with van der Waals surface area (Å²) in [6.07, 6.45) is 80.7. The average Bonchev–Trinajstić information content (AvgIpc) is 3.45. The Labute approximate surface area is 507 Å². The number of unbranched alkanes of at least 4 members (excludes halogenated alkanes) is 40. The molecule has 0 aliphatic rings. The van der Waals surface area contributed by atoms with E-state index in [1.54, 1.807) is 0 Å². The van der Waals surface area contributed by atoms with E-state index >= 15 is 0 Å². The molecule has 0 spiro atoms. The van der Waals surface area contributed by atoms with E-state index in [2.05, 4.69) is 74.6 Å². The van der Waals surface area contributed by atoms with Crippen LogP contribution in [0.25, 0.3) is 0 Å². The van der Waals surface area contributed by atoms with E-state index in [0.717, 1.165) is 70.6 Å². The zero-order valence-electron chi connectivity index (χ0n) is 54.7. The Morgan fingerprint density at radius 2 is 0.695 bits per heavy atom. The van der Waals surface area contributed by atoms with Crippen molar-refractivity contribution >= 4 is 17.9 Å². The van der Waals surface area contributed by atoms with Gasteiger partial charge in [0.2, 0.25) is 0 Å². The van der Waals surface area contributed by atoms with E-state index in [9.17, 15) is 19.5 Å². The minimum Gasteiger partial charge on any atom is -0.477 e. The molecule has 0 fully saturated rings. The largest absolute Gasteiger partial charge is 0.477 e. The van der Waals surface area contributed by atoms with Crippen molar-refractivity contribution in [2.24, 2.45) is 0 Å². The number of likely N-dealkylation sites (N-methyl/N-ethyl adjacent to an activating group) is 1. The number of carboxylic acid groups (broad SMARTS) is 1. The summed E-state index contributed by atoms with van der Waals surface area (Å²) in [4.78, 5) is 37.5. The first-order valence-electron chi connectivity index (χ1n) is 35.0. The van der Waals surface area contributed by atoms with Crippen molar-refractivity contribution in [2.45, 2.75) is 341 Å². The molecule has 0 saturated carbocycles. The third-order valence-corrected chi connectivity index (χ3v) is 15.5. The van der Waals surface area contributed by atoms with Crippen molar-refractivity contribution in [3.63, 3.8) is 0 Å². The van der Waals surface area contributed by atoms with Crippen LogP contribution in [0.1, 0.15) is 328 Å². The summed E-state index contributed by atoms with van der Waals surface area (Å²) in [6, 6.07) is 0. The summed E-state index contributed by atoms with van der Waals surface area (Å²) in [5.41, 5.74) is 0. The Morgan fingerprint density at radius 1 is 0.378 bits per heavy atom. The van der Waals surface area contributed by atoms with Gasteiger partial charge in [0.15, 0.2) is 6.10 Å². The highest BCUT2D eigenvalue weighted by atomic mass is 16.7. The molecule has 0 bridgehead atoms. The maximum absolute atomic E-state index is 12.9. The molecule has 0 radical (unpaired) electrons. The maximum Gasteiger partial charge on any atom is 0.361 e. The maximum atomic E-state index is 12.9. The van der Waals surface area contributed by atoms with E-state index in [4.69, 9.17) is 18.9 Å². The van der Waals surface area contributed by atoms with Gasteiger partial charge in [-0.2, -0.15) is 0 Å². The molecule has 0 heterocycles. The fourth-order valence-corrected chi connectivity index (χ4v) is 10.2. The molecule has 9 nitrogen and oxygen atoms in total. The first-order chi connectivity index (χ1) is 40.1. The van der Waals surface area contributed by atoms with Gasteiger partial charge in [0.05, 0.1) is 34.4 Å². The molecule has 2 atom stereocenters. The van der Waals surface area contributed by atoms with Gasteiger partial charge in [-0.05, 0) is 57.8 Å². The van der Waals surface area contributed by atoms with Crippen molar-refractivity contribution in [3.8, 4) is 0 Å². The van der Waals surface area contributed by atoms with Crippen molar-refractivity contribution in [3.05, 3.63) is 60.8 Å². The quantitative estimate of drug-likeness (QED) is 0.0211. The molecule has 478 valence electrons. The third kappa shape index (κ3) is 64.5. The lowest BCUT2D eigenvalue weighted by Crippen LogP contribution is -2.40. The highest BCUT2D eigenvalue weighted by Gasteiger charge is 2.25. The van der Waals surface area contributed by atoms with E-state index in [1.807, 2.05) is 21.1 Å². The molecule has 2 unspecified atom stereocenters. The van der Waals surface area contributed by atoms with Crippen LogP contribution in [0.4, 0.5) is 0 Å². The molecule has 0 aromatic rings. The minimum absolute atomic E-state index is 0.176. The SMILES string of the molecule is CC/C=C\C/C=C\C/C=C\C/C=C\C/C=C\CCCCCCCCCCCCCCCCCCCCCCCCCCCC(=O)OC(COC(=O)CCCCCCCCCCCCCCCCCC)COC(OCC[N+](C)(C)C)C(=O)O. The number of carbonyl (C=O) groups is 3. The monoisotopic (exact) mass is 1150 g/mol. The van der Waals surface area contributed by atoms with Crippen LogP contribution in [0.15, 0.2) is 60.8 Å². The number of quaternary nitrogens is 1. The molecule has 1 N–H and O–H groups in total. The molecule has 0 aromatic heterocycles. The van der Waals surface area contributed by atoms with Crippen molar-refractivity contribution in [1.29, 1.82) is 0 Å². The van der Waals surface area contributed by atoms with E-state index in [0.29, 0.717) is 17.4 Å². The van der Waals surface area contributed by atoms with Crippen LogP contribution >= 0.6 is 0 Å². The first kappa shape index (κ1) is 79.0. The molecule has 0 aliphatic carbocycles. The standard InChI is InChI=1S/C73H133NO8/c1-6-8-10-12-14-16-18-20-22-24-25-26-27-28-29-30-31-32-33-34-35-36-37-38-39-40-41-42-43-44-45-46-47-48-50-52-54-56-58-60-62-64-71(76)82-69(68-81-73(72(77)78)79-66-65-74(3,4)5)67-80-70(75)63-61-59-57-55-53-51-49-23-21-19-17-15-13-11-9-7-2/h8,10,14,16,20,22,25-26,28-29,69,73H,6-7,9,11-13,15,17-19,21,23-24,27,30-68H2,1-5H3/p+1/b10-8-,16-14-,22-20-,26-25-,29-28-. The summed E-state index contributed by atoms with van der Waals surface area (Å²) >= 11 is 0. The van der Waals surface area contributed by atoms with Crippen molar-refractivity contribution < 1.29 is 42.9 Å². The Balaban J connectivity index is 3.93. The lowest BCUT2D eigenvalue weighted by atomic mass is 10.0. The zero-order valence-corrected chi connectivity index (χ0v) is 54.7. The van der Waals surface area contributed by atoms with Crippen LogP contribution in [0.2, 0.25) is 0 Å². The summed E-state index contributed by atoms with van der Waals surface area (Å²) in [6.45, 7) is 4.81. The summed E-state index contributed by atoms with van der Waals surface area (Å²) in [5.74, 6) is -1.98. The minimum atomic E-state index is -1.51. The van der Waals surface area contributed by atoms with Crippen molar-refractivity contribution in [2.75, 3.05) is 47.5 Å². The summed E-state index contributed by atoms with van der Waals surface area (Å²) in [7, 11) is 5.98. The number of hydrogen-bond donors (Lipinski definition) is 1. The lowest BCUT2D eigenvalue weighted by Gasteiger charge is -2.25. The fraction of sp³-hybridized carbons (Fsp3) is 0.822. The average molecular weight is 1150 g/mol. The zero-order chi connectivity index (χ0) is 59.8. The number of ether oxygens (including phenoxy) is 4. The smallest absolute Gasteiger partial charge is 0.361 e. The molecule has 0 saturated heterocycles. The molecule has 0 rings (SSSR count). The Bertz CT molecular complexity index is 1530. The number of esters is 2. The van der Waals surface area contributed by atoms with Crippen LogP contribution in [0.5, 0.6) is 0 Å². The Hall–Kier alpha value is -3.01. The van der Waals surface area contributed by atoms with Crippen LogP contribution in [-0.2, 0) is 33.3 Å². The highest BCUT2D eigenvalue weighted by Crippen LogP contribution is 2.18. The molecule has 9 heteroatoms. The van der Waals surface area contributed by atoms with Crippen LogP contribution in [0.3, 0.4) is 0 Å². The predicted molar refractivity (Wildman–Crippen MR) is 350 cm³/mol. The van der Waals surface area contributed by atoms with Gasteiger partial charge < -0.3 is 28.5 Å². The van der Waals surface area contributed by atoms with Gasteiger partial charge in [0, 0.05) is 12.8 Å². The van der Waals surface area contributed by atoms with Gasteiger partial charge in [0.1, 0.15) is 13.2 Å². The number of rotatable bonds is 65. The molecular weight excluding hydrogens is 1020 g/mol. The normalized spacial score (nSPS) is 13.0. The molecule has 82 heavy (non-hydrogen) atoms. The second-order valence-electron chi connectivity index (χ2n) is 24.8. The molecule has 0 amide bonds. The van der Waals surface area contributed by atoms with Crippen LogP contribution < -0.4 is 0 Å². The number of carbonyl (C=O) groups excluding carboxylic acids is 2. The van der Waals surface area contributed by atoms with E-state index < -0.39 is 18.4 Å². The van der Waals surface area contributed by atoms with Gasteiger partial charge in [-0.3, -0.25) is 9.59 Å². The predicted octanol–water partition coefficient (Wildman–Crippen LogP) is 21.5. The number of allylic oxidation sites excluding steroid dienone is 10. The van der Waals surface area contributed by atoms with Crippen LogP contribution in [-0.4, -0.2) is 87.4 Å². The number of nitrogens with zero attached hydrogens (tertiary/aromatic N) is 1. The van der Waals surface area contributed by atoms with Gasteiger partial charge >= 0.3 is 17.9 Å². The highest BCUT2D eigenvalue weighted by molar-refractivity contribution is 5.71. The second-order valence-corrected chi connectivity index (χ2v) is 24.8. The Kier molecular flexibility index (Phi) is 61.6. The molecule has 0 aromatic carbocycles. The first-order valence-corrected chi connectivity index (χ1v) is 35.0. The molecule has 0 aliphatic heterocycles. The van der Waals surface area contributed by atoms with Crippen molar-refractivity contribution in [1.82, 2.24) is 0 Å². The topological polar surface area (TPSA) is 108 Å². The fourth-order valence-electron chi connectivity index (χ4n) is 10.2. The number of carboxylic acids is 1. The van der Waals surface area contributed by atoms with E-state index in [-0.39, 0.29) is 38.2 Å². The van der Waals surface area contributed by atoms with Gasteiger partial charge in [-0.15, -0.1) is 0 Å². The Morgan fingerprint density at radius 3 is 1.04 bits per heavy atom. The van der Waals surface area contributed by atoms with Gasteiger partial charge in [0.25, 0.3) is 6.29 Å². The number of aliphatic carboxylic acids is 1. The number of hydrogen-bond acceptors (Lipinski definition) is 7. The summed E-state index contributed by atoms with van der Waals surface area (Å²) in [5, 5.41) is 9.73. The van der Waals surface area contributed by atoms with Crippen LogP contribution in [0, 0.1) is 0 Å². The third-order valence-electron chi connectivity index (χ3n) is 15.5. The van der Waals surface area contributed by atoms with Gasteiger partial charge in [-0.25, -0.2) is 4.79 Å². The summed E-state index contributed by atoms with van der Waals surface area (Å²) < 4.78 is 23.0. The van der Waals surface area contributed by atoms with Gasteiger partial charge in [-0.1, -0.05) is 319 Å². The van der Waals surface area contributed by atoms with E-state index in [1.165, 1.54) is 231 Å².